The summed E-state index contributed by atoms with van der Waals surface area (Å²) in [4.78, 5) is 44.7. The Labute approximate surface area is 145 Å². The van der Waals surface area contributed by atoms with E-state index in [1.54, 1.807) is 12.1 Å². The van der Waals surface area contributed by atoms with Gasteiger partial charge < -0.3 is 9.94 Å². The third kappa shape index (κ3) is 3.01. The van der Waals surface area contributed by atoms with Crippen LogP contribution in [0.1, 0.15) is 17.5 Å². The van der Waals surface area contributed by atoms with Gasteiger partial charge in [0.25, 0.3) is 0 Å². The highest BCUT2D eigenvalue weighted by Crippen LogP contribution is 2.19. The minimum atomic E-state index is -1.37. The molecule has 0 bridgehead atoms. The molecule has 2 heterocycles. The summed E-state index contributed by atoms with van der Waals surface area (Å²) in [6.45, 7) is 3.69. The summed E-state index contributed by atoms with van der Waals surface area (Å²) in [5, 5.41) is 19.6. The second kappa shape index (κ2) is 6.35. The molecule has 0 saturated heterocycles. The minimum Gasteiger partial charge on any atom is -0.481 e. The van der Waals surface area contributed by atoms with E-state index in [1.165, 1.54) is 11.7 Å². The number of rotatable bonds is 4. The van der Waals surface area contributed by atoms with Crippen LogP contribution in [0.15, 0.2) is 16.9 Å². The summed E-state index contributed by atoms with van der Waals surface area (Å²) >= 11 is 0. The van der Waals surface area contributed by atoms with Gasteiger partial charge in [-0.3, -0.25) is 9.59 Å². The number of nitrogens with zero attached hydrogens (tertiary/aromatic N) is 6. The second-order valence-electron chi connectivity index (χ2n) is 5.65. The van der Waals surface area contributed by atoms with Gasteiger partial charge in [0.1, 0.15) is 11.9 Å². The minimum absolute atomic E-state index is 0.0816. The highest BCUT2D eigenvalue weighted by atomic mass is 16.7. The van der Waals surface area contributed by atoms with Crippen LogP contribution in [-0.4, -0.2) is 47.0 Å². The molecule has 0 aliphatic heterocycles. The van der Waals surface area contributed by atoms with E-state index in [-0.39, 0.29) is 17.0 Å². The van der Waals surface area contributed by atoms with Gasteiger partial charge in [0.15, 0.2) is 5.69 Å². The van der Waals surface area contributed by atoms with E-state index >= 15 is 0 Å². The number of hydrogen-bond acceptors (Lipinski definition) is 8. The van der Waals surface area contributed by atoms with Crippen LogP contribution in [0, 0.1) is 13.8 Å². The second-order valence-corrected chi connectivity index (χ2v) is 5.65. The highest BCUT2D eigenvalue weighted by molar-refractivity contribution is 5.90. The fourth-order valence-corrected chi connectivity index (χ4v) is 2.34. The third-order valence-corrected chi connectivity index (χ3v) is 3.75. The predicted molar refractivity (Wildman–Crippen MR) is 87.1 cm³/mol. The normalized spacial score (nSPS) is 10.9. The molecule has 1 N–H and O–H groups in total. The molecule has 0 amide bonds. The average molecular weight is 358 g/mol. The SMILES string of the molecule is Cc1cc2nc(-c3nnnn3C)c(=O)n(OC(=O)CC(=O)O)c2cc1C. The zero-order chi connectivity index (χ0) is 19.0. The largest absolute Gasteiger partial charge is 0.481 e. The van der Waals surface area contributed by atoms with Gasteiger partial charge in [-0.2, -0.15) is 0 Å². The van der Waals surface area contributed by atoms with Crippen molar-refractivity contribution in [3.63, 3.8) is 0 Å². The molecule has 0 unspecified atom stereocenters. The van der Waals surface area contributed by atoms with Gasteiger partial charge in [-0.15, -0.1) is 9.83 Å². The van der Waals surface area contributed by atoms with Crippen molar-refractivity contribution < 1.29 is 19.5 Å². The van der Waals surface area contributed by atoms with Gasteiger partial charge in [0.05, 0.1) is 5.52 Å². The van der Waals surface area contributed by atoms with Crippen LogP contribution >= 0.6 is 0 Å². The van der Waals surface area contributed by atoms with E-state index in [4.69, 9.17) is 9.94 Å². The third-order valence-electron chi connectivity index (χ3n) is 3.75. The molecule has 0 aliphatic carbocycles. The van der Waals surface area contributed by atoms with Crippen LogP contribution in [0.5, 0.6) is 0 Å². The Bertz CT molecular complexity index is 1100. The number of fused-ring (bicyclic) bond motifs is 1. The lowest BCUT2D eigenvalue weighted by atomic mass is 10.1. The zero-order valence-corrected chi connectivity index (χ0v) is 14.1. The number of carbonyl (C=O) groups is 2. The van der Waals surface area contributed by atoms with Gasteiger partial charge in [-0.25, -0.2) is 14.5 Å². The van der Waals surface area contributed by atoms with Crippen molar-refractivity contribution in [3.05, 3.63) is 33.6 Å². The number of aromatic nitrogens is 6. The number of aliphatic carboxylic acids is 1. The van der Waals surface area contributed by atoms with Crippen molar-refractivity contribution in [2.24, 2.45) is 7.05 Å². The Kier molecular flexibility index (Phi) is 4.20. The number of benzene rings is 1. The maximum Gasteiger partial charge on any atom is 0.344 e. The first-order chi connectivity index (χ1) is 12.3. The van der Waals surface area contributed by atoms with Gasteiger partial charge in [0, 0.05) is 7.05 Å². The maximum atomic E-state index is 12.8. The topological polar surface area (TPSA) is 142 Å². The molecule has 2 aromatic heterocycles. The summed E-state index contributed by atoms with van der Waals surface area (Å²) in [5.74, 6) is -2.38. The lowest BCUT2D eigenvalue weighted by Gasteiger charge is -2.12. The Morgan fingerprint density at radius 2 is 1.92 bits per heavy atom. The van der Waals surface area contributed by atoms with Crippen molar-refractivity contribution in [3.8, 4) is 11.5 Å². The standard InChI is InChI=1S/C15H14N6O5/c1-7-4-9-10(5-8(7)2)21(26-12(24)6-11(22)23)15(25)13(16-9)14-17-18-19-20(14)3/h4-5H,6H2,1-3H3,(H,22,23). The maximum absolute atomic E-state index is 12.8. The quantitative estimate of drug-likeness (QED) is 0.618. The predicted octanol–water partition coefficient (Wildman–Crippen LogP) is -0.366. The molecule has 0 atom stereocenters. The molecule has 0 spiro atoms. The first-order valence-electron chi connectivity index (χ1n) is 7.47. The lowest BCUT2D eigenvalue weighted by molar-refractivity contribution is -0.151. The number of carboxylic acids is 1. The van der Waals surface area contributed by atoms with E-state index < -0.39 is 23.9 Å². The summed E-state index contributed by atoms with van der Waals surface area (Å²) < 4.78 is 1.98. The molecule has 1 aromatic carbocycles. The molecule has 11 nitrogen and oxygen atoms in total. The zero-order valence-electron chi connectivity index (χ0n) is 14.1. The number of carbonyl (C=O) groups excluding carboxylic acids is 1. The fraction of sp³-hybridized carbons (Fsp3) is 0.267. The first-order valence-corrected chi connectivity index (χ1v) is 7.47. The smallest absolute Gasteiger partial charge is 0.344 e. The molecule has 0 saturated carbocycles. The Balaban J connectivity index is 2.28. The van der Waals surface area contributed by atoms with Gasteiger partial charge in [0.2, 0.25) is 5.82 Å². The number of hydrogen-bond donors (Lipinski definition) is 1. The van der Waals surface area contributed by atoms with Crippen molar-refractivity contribution >= 4 is 23.0 Å². The first kappa shape index (κ1) is 17.2. The monoisotopic (exact) mass is 358 g/mol. The summed E-state index contributed by atoms with van der Waals surface area (Å²) in [6.07, 6.45) is -0.887. The molecule has 3 rings (SSSR count). The number of tetrazole rings is 1. The van der Waals surface area contributed by atoms with E-state index in [0.29, 0.717) is 5.52 Å². The van der Waals surface area contributed by atoms with E-state index in [9.17, 15) is 14.4 Å². The molecule has 3 aromatic rings. The molecular weight excluding hydrogens is 344 g/mol. The highest BCUT2D eigenvalue weighted by Gasteiger charge is 2.21. The summed E-state index contributed by atoms with van der Waals surface area (Å²) in [5.41, 5.74) is 1.45. The van der Waals surface area contributed by atoms with Crippen LogP contribution in [0.3, 0.4) is 0 Å². The molecular formula is C15H14N6O5. The van der Waals surface area contributed by atoms with Gasteiger partial charge in [-0.05, 0) is 47.5 Å². The number of carboxylic acid groups (broad SMARTS) is 1. The van der Waals surface area contributed by atoms with Crippen LogP contribution in [0.4, 0.5) is 0 Å². The van der Waals surface area contributed by atoms with Crippen molar-refractivity contribution in [2.45, 2.75) is 20.3 Å². The van der Waals surface area contributed by atoms with E-state index in [0.717, 1.165) is 15.9 Å². The molecule has 134 valence electrons. The van der Waals surface area contributed by atoms with Crippen molar-refractivity contribution in [2.75, 3.05) is 0 Å². The Morgan fingerprint density at radius 1 is 1.23 bits per heavy atom. The van der Waals surface area contributed by atoms with Gasteiger partial charge >= 0.3 is 17.5 Å². The molecule has 11 heteroatoms. The summed E-state index contributed by atoms with van der Waals surface area (Å²) in [6, 6.07) is 3.35. The fourth-order valence-electron chi connectivity index (χ4n) is 2.34. The van der Waals surface area contributed by atoms with E-state index in [2.05, 4.69) is 20.5 Å². The van der Waals surface area contributed by atoms with E-state index in [1.807, 2.05) is 13.8 Å². The Morgan fingerprint density at radius 3 is 2.54 bits per heavy atom. The molecule has 0 fully saturated rings. The van der Waals surface area contributed by atoms with Gasteiger partial charge in [-0.1, -0.05) is 0 Å². The van der Waals surface area contributed by atoms with Crippen LogP contribution in [-0.2, 0) is 16.6 Å². The van der Waals surface area contributed by atoms with Crippen LogP contribution in [0.25, 0.3) is 22.6 Å². The Hall–Kier alpha value is -3.63. The lowest BCUT2D eigenvalue weighted by Crippen LogP contribution is -2.34. The van der Waals surface area contributed by atoms with Crippen LogP contribution in [0.2, 0.25) is 0 Å². The molecule has 26 heavy (non-hydrogen) atoms. The van der Waals surface area contributed by atoms with Crippen LogP contribution < -0.4 is 10.4 Å². The number of aryl methyl sites for hydroxylation is 3. The average Bonchev–Trinajstić information content (AvgIpc) is 2.97. The summed E-state index contributed by atoms with van der Waals surface area (Å²) in [7, 11) is 1.53. The molecule has 0 radical (unpaired) electrons. The molecule has 0 aliphatic rings. The van der Waals surface area contributed by atoms with Crippen molar-refractivity contribution in [1.29, 1.82) is 0 Å². The van der Waals surface area contributed by atoms with Crippen molar-refractivity contribution in [1.82, 2.24) is 29.9 Å².